The summed E-state index contributed by atoms with van der Waals surface area (Å²) in [4.78, 5) is 5.23. The van der Waals surface area contributed by atoms with Gasteiger partial charge in [-0.3, -0.25) is 0 Å². The van der Waals surface area contributed by atoms with E-state index in [1.54, 1.807) is 0 Å². The molecule has 11 aromatic carbocycles. The van der Waals surface area contributed by atoms with Crippen molar-refractivity contribution in [3.63, 3.8) is 0 Å². The Balaban J connectivity index is 0.955. The van der Waals surface area contributed by atoms with Crippen molar-refractivity contribution in [2.24, 2.45) is 0 Å². The van der Waals surface area contributed by atoms with E-state index in [0.29, 0.717) is 0 Å². The van der Waals surface area contributed by atoms with Gasteiger partial charge in [0.2, 0.25) is 0 Å². The van der Waals surface area contributed by atoms with Crippen molar-refractivity contribution in [1.29, 1.82) is 0 Å². The summed E-state index contributed by atoms with van der Waals surface area (Å²) in [5, 5.41) is 2.57. The summed E-state index contributed by atoms with van der Waals surface area (Å²) in [6.45, 7) is 40.3. The molecule has 0 atom stereocenters. The van der Waals surface area contributed by atoms with Crippen LogP contribution < -0.4 is 26.2 Å². The lowest BCUT2D eigenvalue weighted by Crippen LogP contribution is -2.61. The van der Waals surface area contributed by atoms with Gasteiger partial charge in [0.1, 0.15) is 0 Å². The number of hydrogen-bond acceptors (Lipinski definition) is 2. The minimum Gasteiger partial charge on any atom is -0.311 e. The topological polar surface area (TPSA) is 11.4 Å². The summed E-state index contributed by atoms with van der Waals surface area (Å²) in [7, 11) is 0. The lowest BCUT2D eigenvalue weighted by atomic mass is 9.33. The number of hydrogen-bond donors (Lipinski definition) is 0. The van der Waals surface area contributed by atoms with E-state index in [9.17, 15) is 0 Å². The quantitative estimate of drug-likeness (QED) is 0.147. The van der Waals surface area contributed by atoms with Crippen LogP contribution >= 0.6 is 0 Å². The molecule has 0 radical (unpaired) electrons. The van der Waals surface area contributed by atoms with E-state index >= 15 is 0 Å². The Morgan fingerprint density at radius 2 is 0.694 bits per heavy atom. The monoisotopic (exact) mass is 1280 g/mol. The zero-order valence-electron chi connectivity index (χ0n) is 61.1. The van der Waals surface area contributed by atoms with E-state index in [1.165, 1.54) is 170 Å². The molecule has 2 aliphatic heterocycles. The highest BCUT2D eigenvalue weighted by atomic mass is 15.2. The molecule has 4 aliphatic rings. The number of rotatable bonds is 7. The maximum Gasteiger partial charge on any atom is 0.252 e. The largest absolute Gasteiger partial charge is 0.311 e. The third kappa shape index (κ3) is 10.5. The van der Waals surface area contributed by atoms with Crippen molar-refractivity contribution < 1.29 is 0 Å². The van der Waals surface area contributed by atoms with Crippen LogP contribution in [-0.4, -0.2) is 11.3 Å². The lowest BCUT2D eigenvalue weighted by molar-refractivity contribution is 0.332. The fraction of sp³-hybridized carbons (Fsp3) is 0.298. The Morgan fingerprint density at radius 3 is 1.19 bits per heavy atom. The second-order valence-electron chi connectivity index (χ2n) is 35.2. The highest BCUT2D eigenvalue weighted by molar-refractivity contribution is 7.00. The van der Waals surface area contributed by atoms with Crippen molar-refractivity contribution in [1.82, 2.24) is 4.57 Å². The van der Waals surface area contributed by atoms with Crippen molar-refractivity contribution in [3.8, 4) is 50.2 Å². The van der Waals surface area contributed by atoms with Crippen LogP contribution in [0.2, 0.25) is 0 Å². The highest BCUT2D eigenvalue weighted by Gasteiger charge is 2.45. The Kier molecular flexibility index (Phi) is 14.4. The molecule has 0 unspecified atom stereocenters. The fourth-order valence-electron chi connectivity index (χ4n) is 17.2. The van der Waals surface area contributed by atoms with Crippen LogP contribution in [-0.2, 0) is 37.9 Å². The molecular weight excluding hydrogens is 1180 g/mol. The molecule has 0 fully saturated rings. The maximum absolute atomic E-state index is 2.63. The first-order valence-electron chi connectivity index (χ1n) is 36.3. The zero-order valence-corrected chi connectivity index (χ0v) is 61.1. The highest BCUT2D eigenvalue weighted by Crippen LogP contribution is 2.52. The minimum absolute atomic E-state index is 0.0141. The van der Waals surface area contributed by atoms with Crippen LogP contribution in [0.15, 0.2) is 224 Å². The Morgan fingerprint density at radius 1 is 0.286 bits per heavy atom. The van der Waals surface area contributed by atoms with Crippen LogP contribution in [0.4, 0.5) is 34.1 Å². The van der Waals surface area contributed by atoms with Gasteiger partial charge in [0.15, 0.2) is 0 Å². The fourth-order valence-corrected chi connectivity index (χ4v) is 17.2. The van der Waals surface area contributed by atoms with E-state index in [2.05, 4.69) is 357 Å². The summed E-state index contributed by atoms with van der Waals surface area (Å²) in [5.41, 5.74) is 34.6. The van der Waals surface area contributed by atoms with Gasteiger partial charge in [-0.2, -0.15) is 0 Å². The molecule has 490 valence electrons. The standard InChI is InChI=1S/C94H96BN3/c1-88(2,3)67-25-21-24-62(50-67)65-32-43-83-80(53-65)95-79-42-39-72(98-81-44-33-68(89(4,5)6)56-73(81)74-57-69(90(7,8)9)34-45-82(74)98)58-84(79)97(71-37-28-61(29-38-71)64-31-41-76-78(52-64)94(16,17)49-47-92(76,12)13)86-55-66(59-22-19-18-20-23-59)54-85(87(86)95)96(83)70-35-26-60(27-36-70)63-30-40-75-77(51-63)93(14,15)48-46-91(75,10)11/h18-45,50-58H,46-49H2,1-17H3. The summed E-state index contributed by atoms with van der Waals surface area (Å²) < 4.78 is 2.55. The van der Waals surface area contributed by atoms with Gasteiger partial charge in [0.25, 0.3) is 6.71 Å². The molecule has 3 nitrogen and oxygen atoms in total. The normalized spacial score (nSPS) is 16.5. The van der Waals surface area contributed by atoms with Crippen LogP contribution in [0.3, 0.4) is 0 Å². The second kappa shape index (κ2) is 22.2. The first kappa shape index (κ1) is 63.6. The third-order valence-corrected chi connectivity index (χ3v) is 23.6. The number of anilines is 6. The van der Waals surface area contributed by atoms with Crippen LogP contribution in [0, 0.1) is 0 Å². The summed E-state index contributed by atoms with van der Waals surface area (Å²) in [6.07, 6.45) is 4.75. The Labute approximate surface area is 584 Å². The molecule has 0 N–H and O–H groups in total. The van der Waals surface area contributed by atoms with Gasteiger partial charge in [-0.25, -0.2) is 0 Å². The number of nitrogens with zero attached hydrogens (tertiary/aromatic N) is 3. The molecule has 2 aliphatic carbocycles. The second-order valence-corrected chi connectivity index (χ2v) is 35.2. The molecule has 4 heteroatoms. The van der Waals surface area contributed by atoms with E-state index < -0.39 is 0 Å². The predicted molar refractivity (Wildman–Crippen MR) is 423 cm³/mol. The van der Waals surface area contributed by atoms with Crippen molar-refractivity contribution in [3.05, 3.63) is 263 Å². The number of fused-ring (bicyclic) bond motifs is 9. The van der Waals surface area contributed by atoms with Crippen LogP contribution in [0.25, 0.3) is 72.0 Å². The third-order valence-electron chi connectivity index (χ3n) is 23.6. The molecule has 0 bridgehead atoms. The van der Waals surface area contributed by atoms with Gasteiger partial charge in [-0.1, -0.05) is 263 Å². The number of benzene rings is 11. The van der Waals surface area contributed by atoms with Gasteiger partial charge in [0.05, 0.1) is 11.0 Å². The molecule has 0 saturated carbocycles. The molecule has 0 saturated heterocycles. The molecule has 0 spiro atoms. The summed E-state index contributed by atoms with van der Waals surface area (Å²) in [6, 6.07) is 88.4. The minimum atomic E-state index is -0.131. The van der Waals surface area contributed by atoms with E-state index in [-0.39, 0.29) is 44.6 Å². The van der Waals surface area contributed by atoms with Gasteiger partial charge in [-0.15, -0.1) is 0 Å². The van der Waals surface area contributed by atoms with E-state index in [4.69, 9.17) is 0 Å². The lowest BCUT2D eigenvalue weighted by Gasteiger charge is -2.44. The Hall–Kier alpha value is -9.12. The SMILES string of the molecule is CC(C)(C)c1cccc(-c2ccc3c(c2)B2c4ccc(-n5c6ccc(C(C)(C)C)cc6c6cc(C(C)(C)C)ccc65)cc4N(c4ccc(-c5ccc6c(c5)C(C)(C)CCC6(C)C)cc4)c4cc(-c5ccccc5)cc(c42)N3c2ccc(-c3ccc4c(c3)C(C)(C)CCC4(C)C)cc2)c1. The predicted octanol–water partition coefficient (Wildman–Crippen LogP) is 24.1. The average Bonchev–Trinajstić information content (AvgIpc) is 0.726. The molecule has 16 rings (SSSR count). The molecule has 0 amide bonds. The molecule has 12 aromatic rings. The van der Waals surface area contributed by atoms with Crippen molar-refractivity contribution in [2.75, 3.05) is 9.80 Å². The molecular formula is C94H96BN3. The van der Waals surface area contributed by atoms with E-state index in [1.807, 2.05) is 0 Å². The maximum atomic E-state index is 2.63. The molecule has 98 heavy (non-hydrogen) atoms. The first-order valence-corrected chi connectivity index (χ1v) is 36.3. The van der Waals surface area contributed by atoms with Crippen LogP contribution in [0.5, 0.6) is 0 Å². The van der Waals surface area contributed by atoms with Crippen molar-refractivity contribution >= 4 is 79.0 Å². The average molecular weight is 1280 g/mol. The van der Waals surface area contributed by atoms with Crippen LogP contribution in [0.1, 0.15) is 182 Å². The zero-order chi connectivity index (χ0) is 68.5. The first-order chi connectivity index (χ1) is 46.4. The van der Waals surface area contributed by atoms with Crippen molar-refractivity contribution in [2.45, 2.75) is 181 Å². The number of aromatic nitrogens is 1. The van der Waals surface area contributed by atoms with Gasteiger partial charge in [-0.05, 0) is 242 Å². The van der Waals surface area contributed by atoms with E-state index in [0.717, 1.165) is 17.1 Å². The summed E-state index contributed by atoms with van der Waals surface area (Å²) in [5.74, 6) is 0. The van der Waals surface area contributed by atoms with Gasteiger partial charge >= 0.3 is 0 Å². The molecule has 1 aromatic heterocycles. The molecule has 3 heterocycles. The summed E-state index contributed by atoms with van der Waals surface area (Å²) >= 11 is 0. The smallest absolute Gasteiger partial charge is 0.252 e. The van der Waals surface area contributed by atoms with Gasteiger partial charge in [0, 0.05) is 50.6 Å². The van der Waals surface area contributed by atoms with Gasteiger partial charge < -0.3 is 14.4 Å². The Bertz CT molecular complexity index is 5130.